The molecule has 2 rings (SSSR count). The molecule has 0 fully saturated rings. The van der Waals surface area contributed by atoms with E-state index in [1.807, 2.05) is 38.2 Å². The Morgan fingerprint density at radius 1 is 0.952 bits per heavy atom. The van der Waals surface area contributed by atoms with Crippen LogP contribution < -0.4 is 14.8 Å². The molecule has 0 amide bonds. The third-order valence-electron chi connectivity index (χ3n) is 3.55. The number of aryl methyl sites for hydroxylation is 1. The molecule has 0 heterocycles. The molecule has 0 aliphatic carbocycles. The number of benzene rings is 2. The third kappa shape index (κ3) is 3.16. The van der Waals surface area contributed by atoms with Crippen molar-refractivity contribution >= 4 is 0 Å². The number of methoxy groups -OCH3 is 2. The number of hydrogen-bond donors (Lipinski definition) is 1. The largest absolute Gasteiger partial charge is 0.496 e. The molecule has 3 nitrogen and oxygen atoms in total. The lowest BCUT2D eigenvalue weighted by Crippen LogP contribution is -2.18. The molecule has 0 saturated carbocycles. The van der Waals surface area contributed by atoms with Crippen molar-refractivity contribution in [2.24, 2.45) is 0 Å². The quantitative estimate of drug-likeness (QED) is 0.914. The number of nitrogens with one attached hydrogen (secondary N) is 1. The molecule has 2 aromatic rings. The van der Waals surface area contributed by atoms with E-state index in [1.54, 1.807) is 13.2 Å². The van der Waals surface area contributed by atoms with Gasteiger partial charge in [0.25, 0.3) is 0 Å². The molecule has 1 atom stereocenters. The van der Waals surface area contributed by atoms with Crippen LogP contribution in [0.2, 0.25) is 0 Å². The van der Waals surface area contributed by atoms with Gasteiger partial charge in [0.2, 0.25) is 0 Å². The van der Waals surface area contributed by atoms with E-state index in [-0.39, 0.29) is 17.6 Å². The van der Waals surface area contributed by atoms with Gasteiger partial charge in [0.15, 0.2) is 11.6 Å². The first kappa shape index (κ1) is 15.3. The van der Waals surface area contributed by atoms with Gasteiger partial charge in [-0.25, -0.2) is 4.39 Å². The monoisotopic (exact) mass is 289 g/mol. The van der Waals surface area contributed by atoms with Crippen LogP contribution in [0.3, 0.4) is 0 Å². The maximum atomic E-state index is 13.9. The van der Waals surface area contributed by atoms with Crippen LogP contribution in [0.15, 0.2) is 36.4 Å². The van der Waals surface area contributed by atoms with Gasteiger partial charge < -0.3 is 14.8 Å². The zero-order chi connectivity index (χ0) is 15.4. The third-order valence-corrected chi connectivity index (χ3v) is 3.55. The normalized spacial score (nSPS) is 12.0. The fourth-order valence-electron chi connectivity index (χ4n) is 2.47. The topological polar surface area (TPSA) is 30.5 Å². The molecule has 0 spiro atoms. The lowest BCUT2D eigenvalue weighted by Gasteiger charge is -2.19. The van der Waals surface area contributed by atoms with Crippen LogP contribution in [-0.2, 0) is 0 Å². The Bertz CT molecular complexity index is 575. The molecular formula is C17H20FNO2. The van der Waals surface area contributed by atoms with Crippen molar-refractivity contribution < 1.29 is 13.9 Å². The van der Waals surface area contributed by atoms with Gasteiger partial charge in [-0.05, 0) is 48.9 Å². The molecule has 0 saturated heterocycles. The minimum Gasteiger partial charge on any atom is -0.496 e. The second-order valence-electron chi connectivity index (χ2n) is 4.84. The molecule has 4 heteroatoms. The average Bonchev–Trinajstić information content (AvgIpc) is 2.48. The minimum atomic E-state index is -0.361. The minimum absolute atomic E-state index is 0.0880. The lowest BCUT2D eigenvalue weighted by molar-refractivity contribution is 0.386. The molecule has 2 aromatic carbocycles. The first-order chi connectivity index (χ1) is 10.1. The van der Waals surface area contributed by atoms with Crippen molar-refractivity contribution in [3.05, 3.63) is 58.9 Å². The number of halogens is 1. The number of ether oxygens (including phenoxy) is 2. The summed E-state index contributed by atoms with van der Waals surface area (Å²) in [6.07, 6.45) is 0. The molecular weight excluding hydrogens is 269 g/mol. The van der Waals surface area contributed by atoms with Crippen LogP contribution in [0, 0.1) is 12.7 Å². The first-order valence-corrected chi connectivity index (χ1v) is 6.76. The van der Waals surface area contributed by atoms with Crippen LogP contribution in [0.25, 0.3) is 0 Å². The molecule has 112 valence electrons. The summed E-state index contributed by atoms with van der Waals surface area (Å²) in [4.78, 5) is 0. The van der Waals surface area contributed by atoms with Crippen LogP contribution in [0.1, 0.15) is 22.7 Å². The summed E-state index contributed by atoms with van der Waals surface area (Å²) in [5.41, 5.74) is 2.95. The Hall–Kier alpha value is -2.07. The van der Waals surface area contributed by atoms with Gasteiger partial charge in [0.05, 0.1) is 20.3 Å². The van der Waals surface area contributed by atoms with Gasteiger partial charge in [0.1, 0.15) is 5.75 Å². The predicted molar refractivity (Wildman–Crippen MR) is 81.6 cm³/mol. The SMILES string of the molecule is CNC(c1ccc(OC)c(C)c1)c1ccc(OC)c(F)c1. The van der Waals surface area contributed by atoms with Crippen LogP contribution >= 0.6 is 0 Å². The highest BCUT2D eigenvalue weighted by Crippen LogP contribution is 2.29. The average molecular weight is 289 g/mol. The van der Waals surface area contributed by atoms with Crippen LogP contribution in [0.5, 0.6) is 11.5 Å². The van der Waals surface area contributed by atoms with E-state index in [2.05, 4.69) is 5.32 Å². The van der Waals surface area contributed by atoms with Gasteiger partial charge in [-0.3, -0.25) is 0 Å². The summed E-state index contributed by atoms with van der Waals surface area (Å²) in [6, 6.07) is 10.9. The highest BCUT2D eigenvalue weighted by molar-refractivity contribution is 5.42. The molecule has 0 bridgehead atoms. The lowest BCUT2D eigenvalue weighted by atomic mass is 9.97. The zero-order valence-corrected chi connectivity index (χ0v) is 12.7. The molecule has 0 aliphatic heterocycles. The maximum absolute atomic E-state index is 13.9. The summed E-state index contributed by atoms with van der Waals surface area (Å²) in [5, 5.41) is 3.22. The fraction of sp³-hybridized carbons (Fsp3) is 0.294. The molecule has 0 radical (unpaired) electrons. The Labute approximate surface area is 124 Å². The van der Waals surface area contributed by atoms with E-state index in [0.29, 0.717) is 0 Å². The van der Waals surface area contributed by atoms with Gasteiger partial charge in [-0.1, -0.05) is 18.2 Å². The predicted octanol–water partition coefficient (Wildman–Crippen LogP) is 3.46. The van der Waals surface area contributed by atoms with Gasteiger partial charge in [0, 0.05) is 0 Å². The highest BCUT2D eigenvalue weighted by atomic mass is 19.1. The second kappa shape index (κ2) is 6.59. The highest BCUT2D eigenvalue weighted by Gasteiger charge is 2.15. The first-order valence-electron chi connectivity index (χ1n) is 6.76. The molecule has 1 N–H and O–H groups in total. The van der Waals surface area contributed by atoms with E-state index in [1.165, 1.54) is 13.2 Å². The van der Waals surface area contributed by atoms with Gasteiger partial charge in [-0.15, -0.1) is 0 Å². The molecule has 1 unspecified atom stereocenters. The summed E-state index contributed by atoms with van der Waals surface area (Å²) in [6.45, 7) is 1.99. The van der Waals surface area contributed by atoms with E-state index >= 15 is 0 Å². The number of rotatable bonds is 5. The number of hydrogen-bond acceptors (Lipinski definition) is 3. The fourth-order valence-corrected chi connectivity index (χ4v) is 2.47. The van der Waals surface area contributed by atoms with E-state index in [0.717, 1.165) is 22.4 Å². The Kier molecular flexibility index (Phi) is 4.81. The van der Waals surface area contributed by atoms with E-state index in [4.69, 9.17) is 9.47 Å². The summed E-state index contributed by atoms with van der Waals surface area (Å²) >= 11 is 0. The van der Waals surface area contributed by atoms with Crippen molar-refractivity contribution in [2.75, 3.05) is 21.3 Å². The molecule has 0 aliphatic rings. The summed E-state index contributed by atoms with van der Waals surface area (Å²) in [5.74, 6) is 0.731. The van der Waals surface area contributed by atoms with Crippen LogP contribution in [-0.4, -0.2) is 21.3 Å². The van der Waals surface area contributed by atoms with Crippen molar-refractivity contribution in [1.82, 2.24) is 5.32 Å². The smallest absolute Gasteiger partial charge is 0.165 e. The Morgan fingerprint density at radius 3 is 2.00 bits per heavy atom. The van der Waals surface area contributed by atoms with Crippen molar-refractivity contribution in [2.45, 2.75) is 13.0 Å². The summed E-state index contributed by atoms with van der Waals surface area (Å²) in [7, 11) is 4.96. The Morgan fingerprint density at radius 2 is 1.52 bits per heavy atom. The van der Waals surface area contributed by atoms with Gasteiger partial charge in [-0.2, -0.15) is 0 Å². The zero-order valence-electron chi connectivity index (χ0n) is 12.7. The van der Waals surface area contributed by atoms with E-state index in [9.17, 15) is 4.39 Å². The maximum Gasteiger partial charge on any atom is 0.165 e. The van der Waals surface area contributed by atoms with Crippen molar-refractivity contribution in [3.8, 4) is 11.5 Å². The van der Waals surface area contributed by atoms with Crippen molar-refractivity contribution in [1.29, 1.82) is 0 Å². The Balaban J connectivity index is 2.39. The van der Waals surface area contributed by atoms with Crippen molar-refractivity contribution in [3.63, 3.8) is 0 Å². The molecule has 0 aromatic heterocycles. The standard InChI is InChI=1S/C17H20FNO2/c1-11-9-12(5-7-15(11)20-3)17(19-2)13-6-8-16(21-4)14(18)10-13/h5-10,17,19H,1-4H3. The van der Waals surface area contributed by atoms with E-state index < -0.39 is 0 Å². The second-order valence-corrected chi connectivity index (χ2v) is 4.84. The summed E-state index contributed by atoms with van der Waals surface area (Å²) < 4.78 is 24.1. The molecule has 21 heavy (non-hydrogen) atoms. The van der Waals surface area contributed by atoms with Gasteiger partial charge >= 0.3 is 0 Å². The van der Waals surface area contributed by atoms with Crippen LogP contribution in [0.4, 0.5) is 4.39 Å².